The Morgan fingerprint density at radius 3 is 2.90 bits per heavy atom. The highest BCUT2D eigenvalue weighted by atomic mass is 16.5. The quantitative estimate of drug-likeness (QED) is 0.622. The van der Waals surface area contributed by atoms with Gasteiger partial charge in [0.15, 0.2) is 11.5 Å². The summed E-state index contributed by atoms with van der Waals surface area (Å²) in [7, 11) is 1.61. The van der Waals surface area contributed by atoms with Crippen LogP contribution < -0.4 is 14.8 Å². The number of ether oxygens (including phenoxy) is 2. The lowest BCUT2D eigenvalue weighted by Crippen LogP contribution is -2.23. The minimum absolute atomic E-state index is 0.617. The molecule has 5 nitrogen and oxygen atoms in total. The largest absolute Gasteiger partial charge is 0.493 e. The first-order valence-electron chi connectivity index (χ1n) is 7.18. The van der Waals surface area contributed by atoms with Crippen LogP contribution in [0.25, 0.3) is 5.70 Å². The van der Waals surface area contributed by atoms with Crippen molar-refractivity contribution in [1.82, 2.24) is 5.32 Å². The Labute approximate surface area is 124 Å². The summed E-state index contributed by atoms with van der Waals surface area (Å²) in [6, 6.07) is 3.80. The van der Waals surface area contributed by atoms with E-state index in [1.807, 2.05) is 12.1 Å². The van der Waals surface area contributed by atoms with E-state index >= 15 is 0 Å². The van der Waals surface area contributed by atoms with Crippen molar-refractivity contribution in [1.29, 1.82) is 0 Å². The molecule has 0 atom stereocenters. The molecule has 114 valence electrons. The molecule has 0 fully saturated rings. The maximum absolute atomic E-state index is 10.9. The van der Waals surface area contributed by atoms with Crippen LogP contribution in [0.15, 0.2) is 18.2 Å². The molecule has 0 spiro atoms. The number of aliphatic carboxylic acids is 1. The molecule has 2 rings (SSSR count). The van der Waals surface area contributed by atoms with Gasteiger partial charge in [0.1, 0.15) is 0 Å². The first-order valence-corrected chi connectivity index (χ1v) is 7.18. The molecule has 0 bridgehead atoms. The Morgan fingerprint density at radius 1 is 1.43 bits per heavy atom. The summed E-state index contributed by atoms with van der Waals surface area (Å²) in [5.41, 5.74) is 2.56. The number of hydrogen-bond donors (Lipinski definition) is 2. The standard InChI is InChI=1S/C16H21NO4/c1-3-4-7-21-15-9-12-11(8-14(15)20-2)5-6-17-13(12)10-16(18)19/h8-10,17H,3-7H2,1-2H3,(H,18,19). The van der Waals surface area contributed by atoms with E-state index in [1.165, 1.54) is 6.08 Å². The average molecular weight is 291 g/mol. The maximum Gasteiger partial charge on any atom is 0.330 e. The zero-order chi connectivity index (χ0) is 15.2. The Bertz CT molecular complexity index is 551. The van der Waals surface area contributed by atoms with Crippen LogP contribution in [-0.2, 0) is 11.2 Å². The maximum atomic E-state index is 10.9. The van der Waals surface area contributed by atoms with E-state index < -0.39 is 5.97 Å². The monoisotopic (exact) mass is 291 g/mol. The minimum atomic E-state index is -0.963. The second-order valence-corrected chi connectivity index (χ2v) is 4.94. The smallest absolute Gasteiger partial charge is 0.330 e. The topological polar surface area (TPSA) is 67.8 Å². The molecule has 1 aromatic carbocycles. The Hall–Kier alpha value is -2.17. The van der Waals surface area contributed by atoms with E-state index in [0.717, 1.165) is 30.4 Å². The fourth-order valence-corrected chi connectivity index (χ4v) is 2.34. The van der Waals surface area contributed by atoms with Gasteiger partial charge >= 0.3 is 5.97 Å². The predicted octanol–water partition coefficient (Wildman–Crippen LogP) is 2.45. The molecule has 5 heteroatoms. The molecule has 1 aromatic rings. The molecule has 2 N–H and O–H groups in total. The number of unbranched alkanes of at least 4 members (excludes halogenated alkanes) is 1. The van der Waals surface area contributed by atoms with Gasteiger partial charge in [-0.25, -0.2) is 4.79 Å². The van der Waals surface area contributed by atoms with Crippen molar-refractivity contribution >= 4 is 11.7 Å². The second kappa shape index (κ2) is 7.02. The van der Waals surface area contributed by atoms with Crippen molar-refractivity contribution in [2.75, 3.05) is 20.3 Å². The molecule has 0 radical (unpaired) electrons. The van der Waals surface area contributed by atoms with Gasteiger partial charge in [0.2, 0.25) is 0 Å². The molecule has 1 aliphatic heterocycles. The summed E-state index contributed by atoms with van der Waals surface area (Å²) < 4.78 is 11.1. The number of rotatable bonds is 6. The average Bonchev–Trinajstić information content (AvgIpc) is 2.47. The van der Waals surface area contributed by atoms with Crippen LogP contribution in [0.5, 0.6) is 11.5 Å². The summed E-state index contributed by atoms with van der Waals surface area (Å²) in [4.78, 5) is 10.9. The van der Waals surface area contributed by atoms with E-state index in [9.17, 15) is 4.79 Å². The lowest BCUT2D eigenvalue weighted by molar-refractivity contribution is -0.131. The molecule has 0 aliphatic carbocycles. The number of benzene rings is 1. The van der Waals surface area contributed by atoms with E-state index in [1.54, 1.807) is 7.11 Å². The first-order chi connectivity index (χ1) is 10.2. The van der Waals surface area contributed by atoms with Gasteiger partial charge < -0.3 is 19.9 Å². The van der Waals surface area contributed by atoms with Gasteiger partial charge in [-0.1, -0.05) is 13.3 Å². The number of methoxy groups -OCH3 is 1. The predicted molar refractivity (Wildman–Crippen MR) is 80.7 cm³/mol. The lowest BCUT2D eigenvalue weighted by atomic mass is 9.97. The van der Waals surface area contributed by atoms with Crippen molar-refractivity contribution < 1.29 is 19.4 Å². The van der Waals surface area contributed by atoms with E-state index in [0.29, 0.717) is 30.3 Å². The van der Waals surface area contributed by atoms with Gasteiger partial charge in [0.25, 0.3) is 0 Å². The zero-order valence-corrected chi connectivity index (χ0v) is 12.4. The molecule has 21 heavy (non-hydrogen) atoms. The van der Waals surface area contributed by atoms with Crippen molar-refractivity contribution in [2.24, 2.45) is 0 Å². The van der Waals surface area contributed by atoms with Gasteiger partial charge in [-0.15, -0.1) is 0 Å². The molecular weight excluding hydrogens is 270 g/mol. The van der Waals surface area contributed by atoms with Crippen molar-refractivity contribution in [3.8, 4) is 11.5 Å². The van der Waals surface area contributed by atoms with Crippen LogP contribution >= 0.6 is 0 Å². The Balaban J connectivity index is 2.37. The minimum Gasteiger partial charge on any atom is -0.493 e. The van der Waals surface area contributed by atoms with Gasteiger partial charge in [-0.3, -0.25) is 0 Å². The molecule has 0 saturated carbocycles. The first kappa shape index (κ1) is 15.2. The highest BCUT2D eigenvalue weighted by Crippen LogP contribution is 2.35. The summed E-state index contributed by atoms with van der Waals surface area (Å²) in [6.45, 7) is 3.44. The van der Waals surface area contributed by atoms with Crippen LogP contribution in [0.1, 0.15) is 30.9 Å². The molecule has 1 aliphatic rings. The Kier molecular flexibility index (Phi) is 5.09. The molecular formula is C16H21NO4. The summed E-state index contributed by atoms with van der Waals surface area (Å²) in [6.07, 6.45) is 4.05. The zero-order valence-electron chi connectivity index (χ0n) is 12.4. The van der Waals surface area contributed by atoms with Crippen molar-refractivity contribution in [3.05, 3.63) is 29.3 Å². The van der Waals surface area contributed by atoms with Crippen molar-refractivity contribution in [2.45, 2.75) is 26.2 Å². The van der Waals surface area contributed by atoms with Crippen LogP contribution in [0, 0.1) is 0 Å². The third-order valence-electron chi connectivity index (χ3n) is 3.41. The van der Waals surface area contributed by atoms with Gasteiger partial charge in [-0.2, -0.15) is 0 Å². The highest BCUT2D eigenvalue weighted by Gasteiger charge is 2.18. The second-order valence-electron chi connectivity index (χ2n) is 4.94. The van der Waals surface area contributed by atoms with Gasteiger partial charge in [-0.05, 0) is 30.5 Å². The molecule has 1 heterocycles. The lowest BCUT2D eigenvalue weighted by Gasteiger charge is -2.23. The number of fused-ring (bicyclic) bond motifs is 1. The number of carboxylic acids is 1. The molecule has 0 amide bonds. The number of carboxylic acid groups (broad SMARTS) is 1. The van der Waals surface area contributed by atoms with Gasteiger partial charge in [0.05, 0.1) is 13.7 Å². The number of nitrogens with one attached hydrogen (secondary N) is 1. The SMILES string of the molecule is CCCCOc1cc2c(cc1OC)CCNC2=CC(=O)O. The van der Waals surface area contributed by atoms with Crippen LogP contribution in [0.2, 0.25) is 0 Å². The van der Waals surface area contributed by atoms with E-state index in [-0.39, 0.29) is 0 Å². The fourth-order valence-electron chi connectivity index (χ4n) is 2.34. The van der Waals surface area contributed by atoms with Crippen LogP contribution in [0.4, 0.5) is 0 Å². The summed E-state index contributed by atoms with van der Waals surface area (Å²) in [5.74, 6) is 0.390. The molecule has 0 aromatic heterocycles. The third-order valence-corrected chi connectivity index (χ3v) is 3.41. The fraction of sp³-hybridized carbons (Fsp3) is 0.438. The van der Waals surface area contributed by atoms with Crippen LogP contribution in [-0.4, -0.2) is 31.3 Å². The molecule has 0 unspecified atom stereocenters. The van der Waals surface area contributed by atoms with Gasteiger partial charge in [0, 0.05) is 23.9 Å². The molecule has 0 saturated heterocycles. The van der Waals surface area contributed by atoms with Crippen LogP contribution in [0.3, 0.4) is 0 Å². The number of hydrogen-bond acceptors (Lipinski definition) is 4. The Morgan fingerprint density at radius 2 is 2.24 bits per heavy atom. The normalized spacial score (nSPS) is 15.2. The summed E-state index contributed by atoms with van der Waals surface area (Å²) in [5, 5.41) is 12.1. The summed E-state index contributed by atoms with van der Waals surface area (Å²) >= 11 is 0. The van der Waals surface area contributed by atoms with E-state index in [2.05, 4.69) is 12.2 Å². The highest BCUT2D eigenvalue weighted by molar-refractivity contribution is 5.90. The van der Waals surface area contributed by atoms with Crippen molar-refractivity contribution in [3.63, 3.8) is 0 Å². The third kappa shape index (κ3) is 3.68. The van der Waals surface area contributed by atoms with E-state index in [4.69, 9.17) is 14.6 Å². The number of carbonyl (C=O) groups is 1.